The third-order valence-corrected chi connectivity index (χ3v) is 5.13. The van der Waals surface area contributed by atoms with Crippen LogP contribution in [-0.2, 0) is 0 Å². The number of rotatable bonds is 6. The van der Waals surface area contributed by atoms with Gasteiger partial charge in [-0.2, -0.15) is 0 Å². The van der Waals surface area contributed by atoms with Crippen molar-refractivity contribution >= 4 is 17.2 Å². The molecule has 0 bridgehead atoms. The van der Waals surface area contributed by atoms with Crippen LogP contribution < -0.4 is 9.47 Å². The number of nitrogens with zero attached hydrogens (tertiary/aromatic N) is 1. The first-order chi connectivity index (χ1) is 11.7. The van der Waals surface area contributed by atoms with E-state index in [2.05, 4.69) is 18.0 Å². The largest absolute Gasteiger partial charge is 0.493 e. The number of carbonyl (C=O) groups is 1. The molecule has 4 nitrogen and oxygen atoms in total. The quantitative estimate of drug-likeness (QED) is 0.734. The normalized spacial score (nSPS) is 16.9. The summed E-state index contributed by atoms with van der Waals surface area (Å²) in [6, 6.07) is 9.66. The van der Waals surface area contributed by atoms with Gasteiger partial charge in [-0.25, -0.2) is 0 Å². The zero-order chi connectivity index (χ0) is 16.9. The molecule has 0 N–H and O–H groups in total. The summed E-state index contributed by atoms with van der Waals surface area (Å²) < 4.78 is 10.9. The molecule has 1 unspecified atom stereocenters. The van der Waals surface area contributed by atoms with Crippen LogP contribution in [0.4, 0.5) is 0 Å². The fourth-order valence-corrected chi connectivity index (χ4v) is 3.89. The molecule has 3 rings (SSSR count). The molecule has 1 aliphatic heterocycles. The SMILES string of the molecule is C=CCOc1ccc(C(=O)N2CCCC2c2cccs2)cc1OC. The number of benzene rings is 1. The van der Waals surface area contributed by atoms with Crippen molar-refractivity contribution in [3.05, 3.63) is 58.8 Å². The van der Waals surface area contributed by atoms with Gasteiger partial charge in [0.1, 0.15) is 6.61 Å². The maximum absolute atomic E-state index is 13.0. The number of methoxy groups -OCH3 is 1. The molecule has 0 aliphatic carbocycles. The summed E-state index contributed by atoms with van der Waals surface area (Å²) in [7, 11) is 1.58. The van der Waals surface area contributed by atoms with Gasteiger partial charge in [-0.05, 0) is 42.5 Å². The zero-order valence-electron chi connectivity index (χ0n) is 13.7. The van der Waals surface area contributed by atoms with E-state index >= 15 is 0 Å². The van der Waals surface area contributed by atoms with Crippen LogP contribution in [0, 0.1) is 0 Å². The standard InChI is InChI=1S/C19H21NO3S/c1-3-11-23-16-9-8-14(13-17(16)22-2)19(21)20-10-4-6-15(20)18-7-5-12-24-18/h3,5,7-9,12-13,15H,1,4,6,10-11H2,2H3. The molecule has 0 spiro atoms. The summed E-state index contributed by atoms with van der Waals surface area (Å²) in [5.41, 5.74) is 0.626. The molecule has 1 saturated heterocycles. The van der Waals surface area contributed by atoms with Crippen LogP contribution in [0.15, 0.2) is 48.4 Å². The van der Waals surface area contributed by atoms with Gasteiger partial charge >= 0.3 is 0 Å². The number of thiophene rings is 1. The Kier molecular flexibility index (Phi) is 5.20. The molecule has 5 heteroatoms. The minimum Gasteiger partial charge on any atom is -0.493 e. The second-order valence-corrected chi connectivity index (χ2v) is 6.62. The van der Waals surface area contributed by atoms with Crippen molar-refractivity contribution in [1.29, 1.82) is 0 Å². The predicted molar refractivity (Wildman–Crippen MR) is 96.0 cm³/mol. The minimum absolute atomic E-state index is 0.0412. The first-order valence-corrected chi connectivity index (χ1v) is 8.88. The molecule has 1 amide bonds. The molecule has 1 atom stereocenters. The van der Waals surface area contributed by atoms with Gasteiger partial charge in [0, 0.05) is 17.0 Å². The fourth-order valence-electron chi connectivity index (χ4n) is 3.02. The highest BCUT2D eigenvalue weighted by Crippen LogP contribution is 2.36. The number of hydrogen-bond donors (Lipinski definition) is 0. The predicted octanol–water partition coefficient (Wildman–Crippen LogP) is 4.30. The van der Waals surface area contributed by atoms with E-state index in [9.17, 15) is 4.79 Å². The lowest BCUT2D eigenvalue weighted by atomic mass is 10.1. The van der Waals surface area contributed by atoms with Gasteiger partial charge < -0.3 is 14.4 Å². The van der Waals surface area contributed by atoms with Crippen LogP contribution in [0.5, 0.6) is 11.5 Å². The van der Waals surface area contributed by atoms with Crippen LogP contribution in [0.2, 0.25) is 0 Å². The number of ether oxygens (including phenoxy) is 2. The minimum atomic E-state index is 0.0412. The summed E-state index contributed by atoms with van der Waals surface area (Å²) in [5, 5.41) is 2.06. The van der Waals surface area contributed by atoms with Crippen LogP contribution in [0.3, 0.4) is 0 Å². The van der Waals surface area contributed by atoms with Gasteiger partial charge in [-0.1, -0.05) is 18.7 Å². The van der Waals surface area contributed by atoms with Gasteiger partial charge in [0.15, 0.2) is 11.5 Å². The Morgan fingerprint density at radius 2 is 2.29 bits per heavy atom. The van der Waals surface area contributed by atoms with E-state index in [1.165, 1.54) is 4.88 Å². The highest BCUT2D eigenvalue weighted by molar-refractivity contribution is 7.10. The molecule has 2 aromatic rings. The second-order valence-electron chi connectivity index (χ2n) is 5.64. The first-order valence-electron chi connectivity index (χ1n) is 8.00. The van der Waals surface area contributed by atoms with Crippen molar-refractivity contribution < 1.29 is 14.3 Å². The van der Waals surface area contributed by atoms with Crippen molar-refractivity contribution in [2.45, 2.75) is 18.9 Å². The third kappa shape index (κ3) is 3.31. The molecule has 126 valence electrons. The third-order valence-electron chi connectivity index (χ3n) is 4.15. The van der Waals surface area contributed by atoms with E-state index in [-0.39, 0.29) is 11.9 Å². The molecular formula is C19H21NO3S. The Balaban J connectivity index is 1.82. The Morgan fingerprint density at radius 3 is 3.00 bits per heavy atom. The Hall–Kier alpha value is -2.27. The average molecular weight is 343 g/mol. The summed E-state index contributed by atoms with van der Waals surface area (Å²) in [6.07, 6.45) is 3.73. The van der Waals surface area contributed by atoms with E-state index < -0.39 is 0 Å². The maximum Gasteiger partial charge on any atom is 0.254 e. The molecule has 1 aromatic heterocycles. The smallest absolute Gasteiger partial charge is 0.254 e. The van der Waals surface area contributed by atoms with Crippen molar-refractivity contribution in [3.8, 4) is 11.5 Å². The summed E-state index contributed by atoms with van der Waals surface area (Å²) in [5.74, 6) is 1.22. The lowest BCUT2D eigenvalue weighted by molar-refractivity contribution is 0.0737. The Bertz CT molecular complexity index is 711. The van der Waals surface area contributed by atoms with Crippen LogP contribution in [-0.4, -0.2) is 31.1 Å². The maximum atomic E-state index is 13.0. The zero-order valence-corrected chi connectivity index (χ0v) is 14.6. The Labute approximate surface area is 146 Å². The topological polar surface area (TPSA) is 38.8 Å². The van der Waals surface area contributed by atoms with E-state index in [0.717, 1.165) is 19.4 Å². The van der Waals surface area contributed by atoms with Crippen LogP contribution >= 0.6 is 11.3 Å². The summed E-state index contributed by atoms with van der Waals surface area (Å²) >= 11 is 1.71. The van der Waals surface area contributed by atoms with E-state index in [4.69, 9.17) is 9.47 Å². The highest BCUT2D eigenvalue weighted by Gasteiger charge is 2.31. The van der Waals surface area contributed by atoms with Crippen molar-refractivity contribution in [2.75, 3.05) is 20.3 Å². The van der Waals surface area contributed by atoms with Crippen molar-refractivity contribution in [3.63, 3.8) is 0 Å². The molecular weight excluding hydrogens is 322 g/mol. The lowest BCUT2D eigenvalue weighted by Gasteiger charge is -2.24. The average Bonchev–Trinajstić information content (AvgIpc) is 3.29. The monoisotopic (exact) mass is 343 g/mol. The lowest BCUT2D eigenvalue weighted by Crippen LogP contribution is -2.30. The fraction of sp³-hybridized carbons (Fsp3) is 0.316. The molecule has 0 radical (unpaired) electrons. The summed E-state index contributed by atoms with van der Waals surface area (Å²) in [6.45, 7) is 4.83. The molecule has 24 heavy (non-hydrogen) atoms. The van der Waals surface area contributed by atoms with Gasteiger partial charge in [-0.3, -0.25) is 4.79 Å². The van der Waals surface area contributed by atoms with Crippen LogP contribution in [0.1, 0.15) is 34.1 Å². The molecule has 1 aromatic carbocycles. The molecule has 1 aliphatic rings. The first kappa shape index (κ1) is 16.6. The molecule has 2 heterocycles. The molecule has 1 fully saturated rings. The van der Waals surface area contributed by atoms with Gasteiger partial charge in [0.2, 0.25) is 0 Å². The number of carbonyl (C=O) groups excluding carboxylic acids is 1. The summed E-state index contributed by atoms with van der Waals surface area (Å²) in [4.78, 5) is 16.2. The second kappa shape index (κ2) is 7.53. The number of amides is 1. The van der Waals surface area contributed by atoms with Crippen molar-refractivity contribution in [2.24, 2.45) is 0 Å². The van der Waals surface area contributed by atoms with Gasteiger partial charge in [0.05, 0.1) is 13.2 Å². The Morgan fingerprint density at radius 1 is 1.42 bits per heavy atom. The van der Waals surface area contributed by atoms with Crippen molar-refractivity contribution in [1.82, 2.24) is 4.90 Å². The number of hydrogen-bond acceptors (Lipinski definition) is 4. The highest BCUT2D eigenvalue weighted by atomic mass is 32.1. The molecule has 0 saturated carbocycles. The number of likely N-dealkylation sites (tertiary alicyclic amines) is 1. The van der Waals surface area contributed by atoms with E-state index in [0.29, 0.717) is 23.7 Å². The van der Waals surface area contributed by atoms with Gasteiger partial charge in [0.25, 0.3) is 5.91 Å². The van der Waals surface area contributed by atoms with E-state index in [1.807, 2.05) is 11.0 Å². The van der Waals surface area contributed by atoms with E-state index in [1.54, 1.807) is 42.7 Å². The van der Waals surface area contributed by atoms with Crippen LogP contribution in [0.25, 0.3) is 0 Å². The van der Waals surface area contributed by atoms with Gasteiger partial charge in [-0.15, -0.1) is 11.3 Å².